The number of hydrogen-bond donors (Lipinski definition) is 1. The van der Waals surface area contributed by atoms with Gasteiger partial charge in [-0.05, 0) is 0 Å². The van der Waals surface area contributed by atoms with Gasteiger partial charge in [0.1, 0.15) is 0 Å². The molecule has 0 atom stereocenters. The molecule has 5 heteroatoms. The molecular formula is H2BOPS2. The molecule has 0 N–H and O–H groups in total. The Morgan fingerprint density at radius 2 is 2.20 bits per heavy atom. The Balaban J connectivity index is 3.39. The van der Waals surface area contributed by atoms with Gasteiger partial charge in [-0.2, -0.15) is 0 Å². The first-order valence-corrected chi connectivity index (χ1v) is 3.59. The summed E-state index contributed by atoms with van der Waals surface area (Å²) < 4.78 is 4.16. The molecule has 0 aliphatic rings. The summed E-state index contributed by atoms with van der Waals surface area (Å²) >= 11 is 3.35. The van der Waals surface area contributed by atoms with E-state index in [2.05, 4.69) is 24.6 Å². The van der Waals surface area contributed by atoms with Crippen molar-refractivity contribution in [1.82, 2.24) is 0 Å². The number of hydrogen-bond acceptors (Lipinski definition) is 2. The molecule has 28 valence electrons. The summed E-state index contributed by atoms with van der Waals surface area (Å²) in [6.45, 7) is 4.93. The number of thiol groups is 1. The van der Waals surface area contributed by atoms with Crippen molar-refractivity contribution in [3.63, 3.8) is 0 Å². The van der Waals surface area contributed by atoms with Crippen molar-refractivity contribution in [2.75, 3.05) is 0 Å². The molecule has 0 unspecified atom stereocenters. The molecule has 0 saturated carbocycles. The van der Waals surface area contributed by atoms with E-state index < -0.39 is 9.59 Å². The van der Waals surface area contributed by atoms with Gasteiger partial charge in [-0.1, -0.05) is 0 Å². The second-order valence-electron chi connectivity index (χ2n) is 0.372. The molecule has 0 bridgehead atoms. The zero-order valence-electron chi connectivity index (χ0n) is 2.34. The third-order valence-electron chi connectivity index (χ3n) is 0.0803. The van der Waals surface area contributed by atoms with Gasteiger partial charge in [0.05, 0.1) is 0 Å². The van der Waals surface area contributed by atoms with Gasteiger partial charge in [0.15, 0.2) is 0 Å². The monoisotopic (exact) mass is 124 g/mol. The Labute approximate surface area is 41.2 Å². The first-order chi connectivity index (χ1) is 2.27. The quantitative estimate of drug-likeness (QED) is 0.214. The van der Waals surface area contributed by atoms with Crippen molar-refractivity contribution in [2.24, 2.45) is 0 Å². The van der Waals surface area contributed by atoms with E-state index in [1.807, 2.05) is 0 Å². The van der Waals surface area contributed by atoms with Gasteiger partial charge < -0.3 is 0 Å². The Kier molecular flexibility index (Phi) is 3.65. The fraction of sp³-hybridized carbons (Fsp3) is 0. The summed E-state index contributed by atoms with van der Waals surface area (Å²) in [4.78, 5) is 0. The van der Waals surface area contributed by atoms with Crippen LogP contribution in [0.3, 0.4) is 0 Å². The summed E-state index contributed by atoms with van der Waals surface area (Å²) in [5.41, 5.74) is 0. The second-order valence-corrected chi connectivity index (χ2v) is 2.77. The van der Waals surface area contributed by atoms with Crippen molar-refractivity contribution in [3.8, 4) is 0 Å². The van der Waals surface area contributed by atoms with Gasteiger partial charge in [-0.3, -0.25) is 0 Å². The maximum atomic E-state index is 4.93. The van der Waals surface area contributed by atoms with Crippen LogP contribution in [0.1, 0.15) is 0 Å². The normalized spacial score (nSPS) is 7.80. The van der Waals surface area contributed by atoms with Crippen LogP contribution in [0.5, 0.6) is 0 Å². The molecular weight excluding hydrogens is 122 g/mol. The van der Waals surface area contributed by atoms with Crippen LogP contribution in [0.15, 0.2) is 0 Å². The molecule has 1 nitrogen and oxygen atoms in total. The molecule has 0 aliphatic carbocycles. The fourth-order valence-corrected chi connectivity index (χ4v) is 0. The van der Waals surface area contributed by atoms with E-state index >= 15 is 0 Å². The fourth-order valence-electron chi connectivity index (χ4n) is 0. The topological polar surface area (TPSA) is 9.23 Å². The van der Waals surface area contributed by atoms with Gasteiger partial charge in [0.2, 0.25) is 0 Å². The molecule has 0 rings (SSSR count). The van der Waals surface area contributed by atoms with E-state index in [-0.39, 0.29) is 0 Å². The van der Waals surface area contributed by atoms with Crippen LogP contribution in [-0.4, -0.2) is 6.53 Å². The van der Waals surface area contributed by atoms with Gasteiger partial charge in [-0.15, -0.1) is 0 Å². The van der Waals surface area contributed by atoms with E-state index in [1.165, 1.54) is 0 Å². The van der Waals surface area contributed by atoms with E-state index in [0.717, 1.165) is 0 Å². The Bertz CT molecular complexity index is 111. The molecule has 0 spiro atoms. The minimum absolute atomic E-state index is 0.653. The molecule has 0 heterocycles. The predicted octanol–water partition coefficient (Wildman–Crippen LogP) is 0.522. The molecule has 0 amide bonds. The van der Waals surface area contributed by atoms with E-state index in [1.54, 1.807) is 0 Å². The van der Waals surface area contributed by atoms with Crippen molar-refractivity contribution in [2.45, 2.75) is 0 Å². The van der Waals surface area contributed by atoms with Crippen LogP contribution < -0.4 is 0 Å². The van der Waals surface area contributed by atoms with E-state index in [0.29, 0.717) is 0 Å². The Morgan fingerprint density at radius 3 is 2.20 bits per heavy atom. The van der Waals surface area contributed by atoms with Crippen LogP contribution >= 0.6 is 20.9 Å². The number of rotatable bonds is 0. The molecule has 5 heavy (non-hydrogen) atoms. The second kappa shape index (κ2) is 3.10. The van der Waals surface area contributed by atoms with Crippen LogP contribution in [0.25, 0.3) is 0 Å². The molecule has 0 aromatic rings. The molecule has 0 aromatic heterocycles. The minimum atomic E-state index is -0.653. The van der Waals surface area contributed by atoms with Crippen molar-refractivity contribution >= 4 is 37.0 Å². The third kappa shape index (κ3) is 4.89. The average Bonchev–Trinajstić information content (AvgIpc) is 1.38. The first-order valence-electron chi connectivity index (χ1n) is 0.789. The van der Waals surface area contributed by atoms with Crippen LogP contribution in [-0.2, 0) is 13.2 Å². The van der Waals surface area contributed by atoms with Gasteiger partial charge in [-0.25, -0.2) is 0 Å². The molecule has 0 aromatic carbocycles. The van der Waals surface area contributed by atoms with Crippen molar-refractivity contribution in [3.05, 3.63) is 0 Å². The van der Waals surface area contributed by atoms with Crippen molar-refractivity contribution in [1.29, 1.82) is 0 Å². The zero-order valence-corrected chi connectivity index (χ0v) is 5.05. The summed E-state index contributed by atoms with van der Waals surface area (Å²) in [5, 5.41) is 0. The van der Waals surface area contributed by atoms with Crippen molar-refractivity contribution < 1.29 is 3.63 Å². The third-order valence-corrected chi connectivity index (χ3v) is 1.39. The molecule has 0 radical (unpaired) electrons. The molecule has 0 saturated heterocycles. The van der Waals surface area contributed by atoms with E-state index in [9.17, 15) is 0 Å². The van der Waals surface area contributed by atoms with Gasteiger partial charge >= 0.3 is 40.7 Å². The van der Waals surface area contributed by atoms with Crippen LogP contribution in [0.4, 0.5) is 0 Å². The maximum absolute atomic E-state index is 4.93. The average molecular weight is 124 g/mol. The zero-order chi connectivity index (χ0) is 4.28. The SMILES string of the molecule is B#S(=P)OS. The standard InChI is InChI=1S/BH2OPS2/c1-5(3)2-4/h3-4H. The first kappa shape index (κ1) is 5.89. The van der Waals surface area contributed by atoms with Gasteiger partial charge in [0.25, 0.3) is 0 Å². The predicted molar refractivity (Wildman–Crippen MR) is 31.5 cm³/mol. The summed E-state index contributed by atoms with van der Waals surface area (Å²) in [6, 6.07) is 0. The molecule has 0 fully saturated rings. The van der Waals surface area contributed by atoms with E-state index in [4.69, 9.17) is 6.53 Å². The summed E-state index contributed by atoms with van der Waals surface area (Å²) in [5.74, 6) is 0. The van der Waals surface area contributed by atoms with Crippen LogP contribution in [0.2, 0.25) is 0 Å². The van der Waals surface area contributed by atoms with Gasteiger partial charge in [0, 0.05) is 0 Å². The van der Waals surface area contributed by atoms with Crippen LogP contribution in [0, 0.1) is 0 Å². The molecule has 0 aliphatic heterocycles. The summed E-state index contributed by atoms with van der Waals surface area (Å²) in [7, 11) is 2.27. The Morgan fingerprint density at radius 1 is 2.00 bits per heavy atom. The summed E-state index contributed by atoms with van der Waals surface area (Å²) in [6.07, 6.45) is 0. The Hall–Kier alpha value is 0.895.